The highest BCUT2D eigenvalue weighted by Crippen LogP contribution is 2.10. The van der Waals surface area contributed by atoms with E-state index in [1.807, 2.05) is 0 Å². The van der Waals surface area contributed by atoms with E-state index in [0.29, 0.717) is 11.7 Å². The molecule has 0 aromatic carbocycles. The predicted octanol–water partition coefficient (Wildman–Crippen LogP) is 0.735. The maximum absolute atomic E-state index is 12.1. The molecule has 2 heterocycles. The summed E-state index contributed by atoms with van der Waals surface area (Å²) in [4.78, 5) is 28.9. The molecule has 1 aliphatic heterocycles. The Balaban J connectivity index is 1.87. The van der Waals surface area contributed by atoms with Crippen LogP contribution in [-0.2, 0) is 4.79 Å². The fourth-order valence-corrected chi connectivity index (χ4v) is 2.71. The zero-order valence-corrected chi connectivity index (χ0v) is 12.5. The zero-order valence-electron chi connectivity index (χ0n) is 12.5. The number of aromatic amines is 1. The maximum Gasteiger partial charge on any atom is 0.274 e. The molecular formula is C15H24N4O2. The summed E-state index contributed by atoms with van der Waals surface area (Å²) in [6.45, 7) is 5.21. The van der Waals surface area contributed by atoms with Crippen molar-refractivity contribution in [2.45, 2.75) is 32.2 Å². The summed E-state index contributed by atoms with van der Waals surface area (Å²) in [5.41, 5.74) is 0.407. The number of nitrogens with one attached hydrogen (secondary N) is 3. The molecule has 1 saturated heterocycles. The van der Waals surface area contributed by atoms with Gasteiger partial charge in [0.25, 0.3) is 5.91 Å². The van der Waals surface area contributed by atoms with Crippen LogP contribution in [0.2, 0.25) is 0 Å². The van der Waals surface area contributed by atoms with Crippen LogP contribution in [0.15, 0.2) is 18.3 Å². The van der Waals surface area contributed by atoms with E-state index in [0.717, 1.165) is 38.9 Å². The van der Waals surface area contributed by atoms with E-state index in [2.05, 4.69) is 27.4 Å². The van der Waals surface area contributed by atoms with Gasteiger partial charge in [-0.1, -0.05) is 6.92 Å². The van der Waals surface area contributed by atoms with Crippen molar-refractivity contribution >= 4 is 11.8 Å². The summed E-state index contributed by atoms with van der Waals surface area (Å²) in [5.74, 6) is -0.614. The molecule has 0 saturated carbocycles. The lowest BCUT2D eigenvalue weighted by Crippen LogP contribution is -2.50. The van der Waals surface area contributed by atoms with Gasteiger partial charge in [0.2, 0.25) is 5.91 Å². The lowest BCUT2D eigenvalue weighted by atomic mass is 10.1. The molecule has 3 N–H and O–H groups in total. The van der Waals surface area contributed by atoms with Gasteiger partial charge in [0.1, 0.15) is 5.69 Å². The van der Waals surface area contributed by atoms with Gasteiger partial charge in [-0.2, -0.15) is 0 Å². The number of amides is 2. The van der Waals surface area contributed by atoms with Crippen molar-refractivity contribution in [3.63, 3.8) is 0 Å². The lowest BCUT2D eigenvalue weighted by molar-refractivity contribution is -0.122. The Morgan fingerprint density at radius 1 is 1.48 bits per heavy atom. The molecule has 1 unspecified atom stereocenters. The molecule has 1 atom stereocenters. The van der Waals surface area contributed by atoms with Crippen molar-refractivity contribution in [3.05, 3.63) is 24.0 Å². The minimum absolute atomic E-state index is 0.242. The monoisotopic (exact) mass is 292 g/mol. The van der Waals surface area contributed by atoms with Crippen molar-refractivity contribution in [2.24, 2.45) is 0 Å². The smallest absolute Gasteiger partial charge is 0.274 e. The molecule has 6 nitrogen and oxygen atoms in total. The number of aromatic nitrogens is 1. The number of imide groups is 1. The highest BCUT2D eigenvalue weighted by atomic mass is 16.2. The Morgan fingerprint density at radius 2 is 2.33 bits per heavy atom. The van der Waals surface area contributed by atoms with E-state index in [9.17, 15) is 9.59 Å². The van der Waals surface area contributed by atoms with Crippen LogP contribution in [0.5, 0.6) is 0 Å². The van der Waals surface area contributed by atoms with E-state index >= 15 is 0 Å². The molecule has 0 bridgehead atoms. The first-order valence-corrected chi connectivity index (χ1v) is 7.63. The van der Waals surface area contributed by atoms with Gasteiger partial charge in [-0.25, -0.2) is 0 Å². The van der Waals surface area contributed by atoms with E-state index in [4.69, 9.17) is 0 Å². The van der Waals surface area contributed by atoms with Crippen LogP contribution in [0.4, 0.5) is 0 Å². The molecule has 2 amide bonds. The summed E-state index contributed by atoms with van der Waals surface area (Å²) in [6.07, 6.45) is 4.89. The standard InChI is InChI=1S/C15H24N4O2/c1-2-9-19(12-5-3-7-16-10-12)11-14(20)18-15(21)13-6-4-8-17-13/h4,6,8,12,16-17H,2-3,5,7,9-11H2,1H3,(H,18,20,21). The van der Waals surface area contributed by atoms with Crippen LogP contribution < -0.4 is 10.6 Å². The van der Waals surface area contributed by atoms with E-state index in [1.165, 1.54) is 0 Å². The quantitative estimate of drug-likeness (QED) is 0.722. The summed E-state index contributed by atoms with van der Waals surface area (Å²) in [6, 6.07) is 3.76. The number of piperidine rings is 1. The highest BCUT2D eigenvalue weighted by molar-refractivity contribution is 6.04. The highest BCUT2D eigenvalue weighted by Gasteiger charge is 2.23. The first-order chi connectivity index (χ1) is 10.2. The normalized spacial score (nSPS) is 18.7. The third-order valence-electron chi connectivity index (χ3n) is 3.74. The Kier molecular flexibility index (Phi) is 5.95. The topological polar surface area (TPSA) is 77.2 Å². The molecule has 1 fully saturated rings. The molecular weight excluding hydrogens is 268 g/mol. The summed E-state index contributed by atoms with van der Waals surface area (Å²) < 4.78 is 0. The molecule has 0 radical (unpaired) electrons. The van der Waals surface area contributed by atoms with Crippen molar-refractivity contribution in [1.82, 2.24) is 20.5 Å². The molecule has 21 heavy (non-hydrogen) atoms. The van der Waals surface area contributed by atoms with Crippen LogP contribution in [0.25, 0.3) is 0 Å². The van der Waals surface area contributed by atoms with Gasteiger partial charge in [-0.05, 0) is 44.5 Å². The van der Waals surface area contributed by atoms with E-state index in [-0.39, 0.29) is 18.4 Å². The van der Waals surface area contributed by atoms with Crippen LogP contribution in [0.1, 0.15) is 36.7 Å². The Morgan fingerprint density at radius 3 is 2.95 bits per heavy atom. The average Bonchev–Trinajstić information content (AvgIpc) is 3.02. The van der Waals surface area contributed by atoms with Crippen molar-refractivity contribution in [3.8, 4) is 0 Å². The number of carbonyl (C=O) groups excluding carboxylic acids is 2. The first-order valence-electron chi connectivity index (χ1n) is 7.63. The molecule has 1 aliphatic rings. The largest absolute Gasteiger partial charge is 0.357 e. The fourth-order valence-electron chi connectivity index (χ4n) is 2.71. The number of hydrogen-bond donors (Lipinski definition) is 3. The van der Waals surface area contributed by atoms with Gasteiger partial charge >= 0.3 is 0 Å². The number of H-pyrrole nitrogens is 1. The fraction of sp³-hybridized carbons (Fsp3) is 0.600. The van der Waals surface area contributed by atoms with Crippen LogP contribution >= 0.6 is 0 Å². The third-order valence-corrected chi connectivity index (χ3v) is 3.74. The first kappa shape index (κ1) is 15.7. The van der Waals surface area contributed by atoms with Crippen molar-refractivity contribution in [1.29, 1.82) is 0 Å². The van der Waals surface area contributed by atoms with Gasteiger partial charge in [-0.15, -0.1) is 0 Å². The van der Waals surface area contributed by atoms with E-state index in [1.54, 1.807) is 18.3 Å². The predicted molar refractivity (Wildman–Crippen MR) is 81.0 cm³/mol. The molecule has 116 valence electrons. The van der Waals surface area contributed by atoms with Crippen molar-refractivity contribution < 1.29 is 9.59 Å². The summed E-state index contributed by atoms with van der Waals surface area (Å²) in [7, 11) is 0. The van der Waals surface area contributed by atoms with Gasteiger partial charge in [0, 0.05) is 18.8 Å². The van der Waals surface area contributed by atoms with Crippen LogP contribution in [0.3, 0.4) is 0 Å². The number of carbonyl (C=O) groups is 2. The average molecular weight is 292 g/mol. The Bertz CT molecular complexity index is 452. The maximum atomic E-state index is 12.1. The summed E-state index contributed by atoms with van der Waals surface area (Å²) >= 11 is 0. The van der Waals surface area contributed by atoms with Crippen LogP contribution in [0, 0.1) is 0 Å². The van der Waals surface area contributed by atoms with Gasteiger partial charge in [0.05, 0.1) is 6.54 Å². The Hall–Kier alpha value is -1.66. The lowest BCUT2D eigenvalue weighted by Gasteiger charge is -2.33. The number of rotatable bonds is 6. The van der Waals surface area contributed by atoms with E-state index < -0.39 is 0 Å². The van der Waals surface area contributed by atoms with Gasteiger partial charge in [-0.3, -0.25) is 19.8 Å². The number of nitrogens with zero attached hydrogens (tertiary/aromatic N) is 1. The summed E-state index contributed by atoms with van der Waals surface area (Å²) in [5, 5.41) is 5.80. The minimum atomic E-state index is -0.372. The molecule has 0 spiro atoms. The van der Waals surface area contributed by atoms with Gasteiger partial charge in [0.15, 0.2) is 0 Å². The van der Waals surface area contributed by atoms with Gasteiger partial charge < -0.3 is 10.3 Å². The second kappa shape index (κ2) is 7.95. The molecule has 0 aliphatic carbocycles. The van der Waals surface area contributed by atoms with Crippen molar-refractivity contribution in [2.75, 3.05) is 26.2 Å². The zero-order chi connectivity index (χ0) is 15.1. The minimum Gasteiger partial charge on any atom is -0.357 e. The Labute approximate surface area is 125 Å². The number of hydrogen-bond acceptors (Lipinski definition) is 4. The third kappa shape index (κ3) is 4.68. The molecule has 2 rings (SSSR count). The second-order valence-electron chi connectivity index (χ2n) is 5.43. The molecule has 1 aromatic rings. The van der Waals surface area contributed by atoms with Crippen LogP contribution in [-0.4, -0.2) is 53.9 Å². The molecule has 6 heteroatoms. The SMILES string of the molecule is CCCN(CC(=O)NC(=O)c1ccc[nH]1)C1CCCNC1. The second-order valence-corrected chi connectivity index (χ2v) is 5.43. The molecule has 1 aromatic heterocycles.